The van der Waals surface area contributed by atoms with E-state index in [4.69, 9.17) is 53.6 Å². The Morgan fingerprint density at radius 3 is 1.49 bits per heavy atom. The molecule has 3 amide bonds. The third kappa shape index (κ3) is 17.5. The number of piperazine rings is 3. The largest absolute Gasteiger partial charge is 0.491 e. The van der Waals surface area contributed by atoms with Gasteiger partial charge in [-0.3, -0.25) is 24.2 Å². The SMILES string of the molecule is C=CC(=O)N1CCN(c2nc(OC[C@@H]3CCCN3C)nc3c2CCN(c2cc(C4C[C@@H](COc5nc6c(c(N7CCN(C(=O)C=C)[C@@H](CC#N)C7)n5)CCN(c5cc(C7C[C@@H](COc8nc9c(c(N%10CCN(C(=O)C=C)[C@@H](CCOC)C%10)n8)CCN(c8cccc%10ccccc8%10)C9)N(C)C7)cc7cccc(C(F)(F)F)c57)C6)N(C)C4)cc4c2OCC4)C3)C[C@@H]1CC#N. The number of aromatic nitrogens is 6. The van der Waals surface area contributed by atoms with Gasteiger partial charge in [0.05, 0.1) is 97.7 Å². The molecule has 6 saturated heterocycles. The predicted molar refractivity (Wildman–Crippen MR) is 479 cm³/mol. The Hall–Kier alpha value is -11.9. The molecule has 0 spiro atoms. The van der Waals surface area contributed by atoms with E-state index in [-0.39, 0.29) is 110 Å². The third-order valence-corrected chi connectivity index (χ3v) is 28.2. The summed E-state index contributed by atoms with van der Waals surface area (Å²) in [6, 6.07) is 32.0. The molecule has 18 rings (SSSR count). The van der Waals surface area contributed by atoms with E-state index < -0.39 is 17.8 Å². The van der Waals surface area contributed by atoms with Crippen molar-refractivity contribution in [3.05, 3.63) is 179 Å². The number of nitrogens with zero attached hydrogens (tertiary/aromatic N) is 20. The summed E-state index contributed by atoms with van der Waals surface area (Å²) in [6.07, 6.45) is 6.08. The number of methoxy groups -OCH3 is 1. The number of halogens is 3. The molecule has 13 heterocycles. The number of hydrogen-bond donors (Lipinski definition) is 0. The van der Waals surface area contributed by atoms with Crippen molar-refractivity contribution in [2.45, 2.75) is 145 Å². The smallest absolute Gasteiger partial charge is 0.417 e. The molecule has 0 radical (unpaired) electrons. The zero-order valence-corrected chi connectivity index (χ0v) is 72.9. The highest BCUT2D eigenvalue weighted by atomic mass is 19.4. The fourth-order valence-electron chi connectivity index (χ4n) is 21.3. The topological polar surface area (TPSA) is 261 Å². The molecule has 31 heteroatoms. The summed E-state index contributed by atoms with van der Waals surface area (Å²) in [5.74, 6) is 2.45. The highest BCUT2D eigenvalue weighted by molar-refractivity contribution is 5.99. The van der Waals surface area contributed by atoms with Gasteiger partial charge in [-0.1, -0.05) is 80.4 Å². The molecule has 127 heavy (non-hydrogen) atoms. The van der Waals surface area contributed by atoms with Gasteiger partial charge in [-0.2, -0.15) is 53.6 Å². The number of likely N-dealkylation sites (tertiary alicyclic amines) is 3. The second-order valence-corrected chi connectivity index (χ2v) is 35.6. The number of nitriles is 2. The van der Waals surface area contributed by atoms with Crippen molar-refractivity contribution in [3.8, 4) is 35.9 Å². The first kappa shape index (κ1) is 85.9. The van der Waals surface area contributed by atoms with Gasteiger partial charge in [0.25, 0.3) is 0 Å². The fraction of sp³-hybridized carbons (Fsp3) is 0.490. The van der Waals surface area contributed by atoms with Crippen molar-refractivity contribution >= 4 is 73.8 Å². The molecule has 3 aromatic heterocycles. The standard InChI is InChI=1S/C96H111F3N20O8/c1-8-85(120)117-39-36-114(52-68(117)23-30-100)90-76-26-34-112(56-80(76)103-95(106-90)127-60-73-47-67(51-110(73)6)65-45-63-28-43-124-89(63)84(49-65)113-35-27-77-81(57-113)104-93(125-58-71-19-15-32-108(71)4)105-91(77)115-37-40-118(86(121)9-2)69(53-115)24-31-101)83-48-64(44-62-18-13-21-78(88(62)83)96(97,98)99)66-46-72(109(5)50-66)59-126-94-102-79-55-111(82-22-14-17-61-16-11-12-20-74(61)82)33-25-75(79)92(107-94)116-38-41-119(87(122)10-3)70(54-116)29-42-123-7/h8-14,16-18,20-22,44-45,48-49,66-73H,1-3,15,19,23-29,32-43,46-47,50-60H2,4-7H3/t66?,67?,68-,69-,70-,71-,72-,73-/m0/s1. The molecule has 0 saturated carbocycles. The molecule has 10 aliphatic rings. The molecule has 2 unspecified atom stereocenters. The van der Waals surface area contributed by atoms with Gasteiger partial charge in [-0.25, -0.2) is 0 Å². The fourth-order valence-corrected chi connectivity index (χ4v) is 21.3. The Kier molecular flexibility index (Phi) is 24.9. The zero-order valence-electron chi connectivity index (χ0n) is 72.9. The lowest BCUT2D eigenvalue weighted by Gasteiger charge is -2.43. The molecular weight excluding hydrogens is 1620 g/mol. The number of anilines is 6. The van der Waals surface area contributed by atoms with Crippen molar-refractivity contribution in [1.82, 2.24) is 59.3 Å². The number of carbonyl (C=O) groups excluding carboxylic acids is 3. The molecule has 664 valence electrons. The number of likely N-dealkylation sites (N-methyl/N-ethyl adjacent to an activating group) is 3. The lowest BCUT2D eigenvalue weighted by atomic mass is 9.90. The van der Waals surface area contributed by atoms with Gasteiger partial charge in [-0.15, -0.1) is 0 Å². The van der Waals surface area contributed by atoms with E-state index in [1.165, 1.54) is 35.9 Å². The molecule has 28 nitrogen and oxygen atoms in total. The van der Waals surface area contributed by atoms with Gasteiger partial charge in [0, 0.05) is 169 Å². The van der Waals surface area contributed by atoms with Crippen LogP contribution in [0.3, 0.4) is 0 Å². The van der Waals surface area contributed by atoms with E-state index in [1.54, 1.807) is 23.0 Å². The Morgan fingerprint density at radius 1 is 0.504 bits per heavy atom. The number of ether oxygens (including phenoxy) is 5. The van der Waals surface area contributed by atoms with Crippen LogP contribution in [0.25, 0.3) is 21.5 Å². The monoisotopic (exact) mass is 1730 g/mol. The van der Waals surface area contributed by atoms with Crippen molar-refractivity contribution in [3.63, 3.8) is 0 Å². The van der Waals surface area contributed by atoms with Crippen LogP contribution in [0.5, 0.6) is 23.8 Å². The molecule has 5 aromatic carbocycles. The molecule has 6 fully saturated rings. The molecule has 8 aromatic rings. The first-order chi connectivity index (χ1) is 61.7. The summed E-state index contributed by atoms with van der Waals surface area (Å²) in [5.41, 5.74) is 10.3. The lowest BCUT2D eigenvalue weighted by molar-refractivity contribution is -0.136. The molecule has 0 N–H and O–H groups in total. The third-order valence-electron chi connectivity index (χ3n) is 28.2. The first-order valence-electron chi connectivity index (χ1n) is 44.8. The summed E-state index contributed by atoms with van der Waals surface area (Å²) in [4.78, 5) is 96.6. The van der Waals surface area contributed by atoms with E-state index in [2.05, 4.69) is 147 Å². The summed E-state index contributed by atoms with van der Waals surface area (Å²) in [6.45, 7) is 22.4. The predicted octanol–water partition coefficient (Wildman–Crippen LogP) is 10.7. The number of fused-ring (bicyclic) bond motifs is 6. The maximum absolute atomic E-state index is 15.8. The second-order valence-electron chi connectivity index (χ2n) is 35.6. The number of amides is 3. The van der Waals surface area contributed by atoms with Crippen LogP contribution in [-0.4, -0.2) is 273 Å². The molecule has 0 bridgehead atoms. The van der Waals surface area contributed by atoms with Crippen LogP contribution >= 0.6 is 0 Å². The van der Waals surface area contributed by atoms with E-state index in [0.29, 0.717) is 172 Å². The summed E-state index contributed by atoms with van der Waals surface area (Å²) in [7, 11) is 7.96. The molecular formula is C96H111F3N20O8. The van der Waals surface area contributed by atoms with Crippen LogP contribution in [0.4, 0.5) is 47.7 Å². The van der Waals surface area contributed by atoms with Gasteiger partial charge in [0.15, 0.2) is 0 Å². The van der Waals surface area contributed by atoms with E-state index >= 15 is 13.2 Å². The Morgan fingerprint density at radius 2 is 0.976 bits per heavy atom. The molecule has 8 atom stereocenters. The van der Waals surface area contributed by atoms with Gasteiger partial charge < -0.3 is 72.7 Å². The lowest BCUT2D eigenvalue weighted by Crippen LogP contribution is -2.55. The molecule has 10 aliphatic heterocycles. The van der Waals surface area contributed by atoms with Gasteiger partial charge in [0.1, 0.15) is 43.0 Å². The quantitative estimate of drug-likeness (QED) is 0.0482. The number of carbonyl (C=O) groups is 3. The number of alkyl halides is 3. The molecule has 0 aliphatic carbocycles. The van der Waals surface area contributed by atoms with Crippen molar-refractivity contribution in [2.24, 2.45) is 0 Å². The average Bonchev–Trinajstić information content (AvgIpc) is 1.52. The van der Waals surface area contributed by atoms with Crippen LogP contribution in [-0.2, 0) is 70.6 Å². The maximum atomic E-state index is 15.8. The van der Waals surface area contributed by atoms with Crippen molar-refractivity contribution < 1.29 is 51.2 Å². The minimum atomic E-state index is -4.69. The highest BCUT2D eigenvalue weighted by Gasteiger charge is 2.43. The van der Waals surface area contributed by atoms with Crippen LogP contribution in [0.2, 0.25) is 0 Å². The number of hydrogen-bond acceptors (Lipinski definition) is 25. The van der Waals surface area contributed by atoms with Crippen LogP contribution in [0, 0.1) is 22.7 Å². The number of rotatable bonds is 25. The van der Waals surface area contributed by atoms with E-state index in [0.717, 1.165) is 124 Å². The number of benzene rings is 5. The summed E-state index contributed by atoms with van der Waals surface area (Å²) < 4.78 is 79.6. The Bertz CT molecular complexity index is 5620. The van der Waals surface area contributed by atoms with Crippen LogP contribution in [0.1, 0.15) is 113 Å². The first-order valence-corrected chi connectivity index (χ1v) is 44.8. The van der Waals surface area contributed by atoms with Gasteiger partial charge in [-0.05, 0) is 161 Å². The Labute approximate surface area is 739 Å². The summed E-state index contributed by atoms with van der Waals surface area (Å²) in [5, 5.41) is 23.0. The second kappa shape index (κ2) is 36.8. The maximum Gasteiger partial charge on any atom is 0.417 e. The minimum absolute atomic E-state index is 0.0706. The summed E-state index contributed by atoms with van der Waals surface area (Å²) >= 11 is 0. The van der Waals surface area contributed by atoms with Gasteiger partial charge >= 0.3 is 24.2 Å². The van der Waals surface area contributed by atoms with Crippen LogP contribution < -0.4 is 48.3 Å². The highest BCUT2D eigenvalue weighted by Crippen LogP contribution is 2.48. The van der Waals surface area contributed by atoms with E-state index in [1.807, 2.05) is 21.9 Å². The zero-order chi connectivity index (χ0) is 87.9. The average molecular weight is 1730 g/mol. The minimum Gasteiger partial charge on any atom is -0.491 e. The van der Waals surface area contributed by atoms with Gasteiger partial charge in [0.2, 0.25) is 17.7 Å². The Balaban J connectivity index is 0.612. The van der Waals surface area contributed by atoms with Crippen molar-refractivity contribution in [1.29, 1.82) is 10.5 Å². The van der Waals surface area contributed by atoms with Crippen molar-refractivity contribution in [2.75, 3.05) is 189 Å². The normalized spacial score (nSPS) is 22.8. The van der Waals surface area contributed by atoms with Crippen LogP contribution in [0.15, 0.2) is 123 Å². The van der Waals surface area contributed by atoms with E-state index in [9.17, 15) is 24.9 Å².